The first kappa shape index (κ1) is 13.6. The number of ether oxygens (including phenoxy) is 2. The topological polar surface area (TPSA) is 18.5 Å². The second kappa shape index (κ2) is 7.97. The van der Waals surface area contributed by atoms with E-state index in [0.717, 1.165) is 35.2 Å². The van der Waals surface area contributed by atoms with Crippen molar-refractivity contribution in [2.75, 3.05) is 18.5 Å². The molecule has 0 aromatic heterocycles. The Morgan fingerprint density at radius 3 is 2.08 bits per heavy atom. The standard InChI is InChI=1S/C9H21BrO2Si/c1-3-11-9(13,12-4-2)7-5-6-8-10/h3-8H2,1-2,13H3. The highest BCUT2D eigenvalue weighted by Gasteiger charge is 2.23. The van der Waals surface area contributed by atoms with Gasteiger partial charge in [0, 0.05) is 18.5 Å². The van der Waals surface area contributed by atoms with Crippen LogP contribution in [0.15, 0.2) is 0 Å². The van der Waals surface area contributed by atoms with Crippen LogP contribution in [-0.2, 0) is 9.47 Å². The fourth-order valence-electron chi connectivity index (χ4n) is 1.34. The van der Waals surface area contributed by atoms with Crippen molar-refractivity contribution in [2.45, 2.75) is 38.5 Å². The van der Waals surface area contributed by atoms with E-state index >= 15 is 0 Å². The summed E-state index contributed by atoms with van der Waals surface area (Å²) < 4.78 is 11.3. The molecule has 80 valence electrons. The van der Waals surface area contributed by atoms with E-state index in [-0.39, 0.29) is 5.41 Å². The van der Waals surface area contributed by atoms with Gasteiger partial charge < -0.3 is 9.47 Å². The van der Waals surface area contributed by atoms with Crippen molar-refractivity contribution >= 4 is 26.2 Å². The molecular weight excluding hydrogens is 248 g/mol. The van der Waals surface area contributed by atoms with E-state index in [1.54, 1.807) is 0 Å². The predicted molar refractivity (Wildman–Crippen MR) is 63.6 cm³/mol. The van der Waals surface area contributed by atoms with Gasteiger partial charge in [0.1, 0.15) is 5.41 Å². The average molecular weight is 269 g/mol. The van der Waals surface area contributed by atoms with E-state index in [1.807, 2.05) is 13.8 Å². The zero-order valence-electron chi connectivity index (χ0n) is 8.94. The summed E-state index contributed by atoms with van der Waals surface area (Å²) in [7, 11) is 0.945. The van der Waals surface area contributed by atoms with E-state index in [9.17, 15) is 0 Å². The molecule has 0 aliphatic carbocycles. The molecule has 0 saturated carbocycles. The van der Waals surface area contributed by atoms with Crippen molar-refractivity contribution < 1.29 is 9.47 Å². The van der Waals surface area contributed by atoms with Gasteiger partial charge >= 0.3 is 0 Å². The van der Waals surface area contributed by atoms with Crippen LogP contribution in [-0.4, -0.2) is 34.2 Å². The smallest absolute Gasteiger partial charge is 0.141 e. The van der Waals surface area contributed by atoms with Gasteiger partial charge in [-0.05, 0) is 33.1 Å². The number of unbranched alkanes of at least 4 members (excludes halogenated alkanes) is 1. The van der Waals surface area contributed by atoms with Gasteiger partial charge in [-0.3, -0.25) is 0 Å². The van der Waals surface area contributed by atoms with Crippen molar-refractivity contribution in [3.8, 4) is 0 Å². The Morgan fingerprint density at radius 1 is 1.15 bits per heavy atom. The lowest BCUT2D eigenvalue weighted by Crippen LogP contribution is -2.36. The van der Waals surface area contributed by atoms with Crippen LogP contribution >= 0.6 is 15.9 Å². The zero-order chi connectivity index (χ0) is 10.2. The molecule has 0 heterocycles. The second-order valence-corrected chi connectivity index (χ2v) is 5.46. The van der Waals surface area contributed by atoms with Crippen LogP contribution in [0.25, 0.3) is 0 Å². The molecule has 0 aromatic carbocycles. The Bertz CT molecular complexity index is 116. The fourth-order valence-corrected chi connectivity index (χ4v) is 2.66. The van der Waals surface area contributed by atoms with Crippen LogP contribution in [0.5, 0.6) is 0 Å². The number of hydrogen-bond donors (Lipinski definition) is 0. The summed E-state index contributed by atoms with van der Waals surface area (Å²) in [5.74, 6) is 0. The molecule has 0 amide bonds. The Balaban J connectivity index is 3.76. The number of halogens is 1. The van der Waals surface area contributed by atoms with Crippen molar-refractivity contribution in [1.29, 1.82) is 0 Å². The Morgan fingerprint density at radius 2 is 1.69 bits per heavy atom. The Labute approximate surface area is 92.9 Å². The molecule has 0 aliphatic heterocycles. The van der Waals surface area contributed by atoms with Gasteiger partial charge in [0.2, 0.25) is 0 Å². The Kier molecular flexibility index (Phi) is 8.35. The molecule has 0 aromatic rings. The lowest BCUT2D eigenvalue weighted by molar-refractivity contribution is -0.177. The van der Waals surface area contributed by atoms with Crippen molar-refractivity contribution in [3.63, 3.8) is 0 Å². The van der Waals surface area contributed by atoms with Crippen LogP contribution in [0.1, 0.15) is 33.1 Å². The highest BCUT2D eigenvalue weighted by Crippen LogP contribution is 2.17. The summed E-state index contributed by atoms with van der Waals surface area (Å²) in [6.45, 7) is 5.54. The Hall–Kier alpha value is 0.617. The van der Waals surface area contributed by atoms with Gasteiger partial charge in [0.15, 0.2) is 0 Å². The van der Waals surface area contributed by atoms with Gasteiger partial charge in [0.25, 0.3) is 0 Å². The molecule has 0 rings (SSSR count). The zero-order valence-corrected chi connectivity index (χ0v) is 12.5. The van der Waals surface area contributed by atoms with Crippen molar-refractivity contribution in [2.24, 2.45) is 0 Å². The quantitative estimate of drug-likeness (QED) is 0.289. The minimum Gasteiger partial charge on any atom is -0.355 e. The summed E-state index contributed by atoms with van der Waals surface area (Å²) in [6.07, 6.45) is 3.41. The summed E-state index contributed by atoms with van der Waals surface area (Å²) in [4.78, 5) is 0. The van der Waals surface area contributed by atoms with Crippen LogP contribution in [0.3, 0.4) is 0 Å². The molecule has 0 atom stereocenters. The van der Waals surface area contributed by atoms with Gasteiger partial charge in [0.05, 0.1) is 10.2 Å². The van der Waals surface area contributed by atoms with Gasteiger partial charge in [-0.2, -0.15) is 0 Å². The van der Waals surface area contributed by atoms with Crippen LogP contribution in [0.2, 0.25) is 0 Å². The minimum absolute atomic E-state index is 0.230. The molecule has 13 heavy (non-hydrogen) atoms. The van der Waals surface area contributed by atoms with Gasteiger partial charge in [-0.25, -0.2) is 0 Å². The third-order valence-electron chi connectivity index (χ3n) is 1.91. The molecule has 0 saturated heterocycles. The SMILES string of the molecule is CCOC([SiH3])(CCCCBr)OCC. The highest BCUT2D eigenvalue weighted by molar-refractivity contribution is 9.09. The average Bonchev–Trinajstić information content (AvgIpc) is 2.05. The summed E-state index contributed by atoms with van der Waals surface area (Å²) in [6, 6.07) is 0. The fraction of sp³-hybridized carbons (Fsp3) is 1.00. The molecule has 4 heteroatoms. The first-order valence-corrected chi connectivity index (χ1v) is 7.14. The van der Waals surface area contributed by atoms with Crippen LogP contribution in [0.4, 0.5) is 0 Å². The first-order valence-electron chi connectivity index (χ1n) is 5.02. The number of hydrogen-bond acceptors (Lipinski definition) is 2. The number of alkyl halides is 1. The lowest BCUT2D eigenvalue weighted by Gasteiger charge is -2.29. The highest BCUT2D eigenvalue weighted by atomic mass is 79.9. The molecule has 0 radical (unpaired) electrons. The monoisotopic (exact) mass is 268 g/mol. The van der Waals surface area contributed by atoms with Crippen molar-refractivity contribution in [1.82, 2.24) is 0 Å². The van der Waals surface area contributed by atoms with Gasteiger partial charge in [-0.1, -0.05) is 15.9 Å². The van der Waals surface area contributed by atoms with E-state index in [4.69, 9.17) is 9.47 Å². The lowest BCUT2D eigenvalue weighted by atomic mass is 10.2. The predicted octanol–water partition coefficient (Wildman–Crippen LogP) is 1.64. The summed E-state index contributed by atoms with van der Waals surface area (Å²) >= 11 is 3.42. The molecule has 2 nitrogen and oxygen atoms in total. The minimum atomic E-state index is -0.230. The summed E-state index contributed by atoms with van der Waals surface area (Å²) in [5.41, 5.74) is -0.230. The molecular formula is C9H21BrO2Si. The maximum atomic E-state index is 5.64. The molecule has 0 unspecified atom stereocenters. The van der Waals surface area contributed by atoms with Gasteiger partial charge in [-0.15, -0.1) is 0 Å². The molecule has 0 fully saturated rings. The van der Waals surface area contributed by atoms with Crippen LogP contribution in [0, 0.1) is 0 Å². The third kappa shape index (κ3) is 6.66. The normalized spacial score (nSPS) is 12.2. The molecule has 0 aliphatic rings. The molecule has 0 bridgehead atoms. The number of rotatable bonds is 8. The first-order chi connectivity index (χ1) is 6.18. The maximum Gasteiger partial charge on any atom is 0.141 e. The molecule has 0 spiro atoms. The van der Waals surface area contributed by atoms with Crippen molar-refractivity contribution in [3.05, 3.63) is 0 Å². The summed E-state index contributed by atoms with van der Waals surface area (Å²) in [5, 5.41) is 1.07. The third-order valence-corrected chi connectivity index (χ3v) is 3.55. The maximum absolute atomic E-state index is 5.64. The molecule has 0 N–H and O–H groups in total. The largest absolute Gasteiger partial charge is 0.355 e. The van der Waals surface area contributed by atoms with E-state index in [2.05, 4.69) is 15.9 Å². The van der Waals surface area contributed by atoms with E-state index in [0.29, 0.717) is 0 Å². The van der Waals surface area contributed by atoms with E-state index < -0.39 is 0 Å². The van der Waals surface area contributed by atoms with E-state index in [1.165, 1.54) is 12.8 Å². The second-order valence-electron chi connectivity index (χ2n) is 3.15. The van der Waals surface area contributed by atoms with Crippen LogP contribution < -0.4 is 0 Å².